The van der Waals surface area contributed by atoms with Gasteiger partial charge < -0.3 is 15.5 Å². The Morgan fingerprint density at radius 1 is 1.25 bits per heavy atom. The summed E-state index contributed by atoms with van der Waals surface area (Å²) in [6.07, 6.45) is 2.29. The number of rotatable bonds is 8. The lowest BCUT2D eigenvalue weighted by atomic mass is 10.1. The topological polar surface area (TPSA) is 70.2 Å². The van der Waals surface area contributed by atoms with Gasteiger partial charge in [-0.3, -0.25) is 4.79 Å². The predicted octanol–water partition coefficient (Wildman–Crippen LogP) is 2.08. The van der Waals surface area contributed by atoms with Crippen LogP contribution in [0.25, 0.3) is 0 Å². The van der Waals surface area contributed by atoms with Crippen LogP contribution in [0.15, 0.2) is 36.5 Å². The first-order valence-corrected chi connectivity index (χ1v) is 8.16. The highest BCUT2D eigenvalue weighted by Crippen LogP contribution is 2.10. The molecule has 0 aliphatic heterocycles. The molecular formula is C17H22ClN5O. The maximum absolute atomic E-state index is 12.2. The maximum Gasteiger partial charge on any atom is 0.270 e. The molecule has 24 heavy (non-hydrogen) atoms. The van der Waals surface area contributed by atoms with E-state index in [-0.39, 0.29) is 5.91 Å². The Kier molecular flexibility index (Phi) is 6.96. The summed E-state index contributed by atoms with van der Waals surface area (Å²) in [5, 5.41) is 6.66. The van der Waals surface area contributed by atoms with Gasteiger partial charge in [-0.15, -0.1) is 0 Å². The number of carbonyl (C=O) groups excluding carboxylic acids is 1. The third-order valence-corrected chi connectivity index (χ3v) is 3.55. The predicted molar refractivity (Wildman–Crippen MR) is 96.6 cm³/mol. The molecule has 0 spiro atoms. The molecule has 0 aliphatic rings. The summed E-state index contributed by atoms with van der Waals surface area (Å²) in [6.45, 7) is 2.10. The summed E-state index contributed by atoms with van der Waals surface area (Å²) in [6, 6.07) is 9.21. The van der Waals surface area contributed by atoms with Crippen molar-refractivity contribution in [3.63, 3.8) is 0 Å². The van der Waals surface area contributed by atoms with E-state index in [0.717, 1.165) is 12.1 Å². The molecule has 1 aromatic heterocycles. The lowest BCUT2D eigenvalue weighted by molar-refractivity contribution is 0.0949. The Morgan fingerprint density at radius 2 is 2.08 bits per heavy atom. The fourth-order valence-corrected chi connectivity index (χ4v) is 2.28. The van der Waals surface area contributed by atoms with Crippen molar-refractivity contribution in [3.05, 3.63) is 52.8 Å². The van der Waals surface area contributed by atoms with E-state index in [4.69, 9.17) is 11.6 Å². The van der Waals surface area contributed by atoms with Crippen LogP contribution in [0, 0.1) is 0 Å². The summed E-state index contributed by atoms with van der Waals surface area (Å²) >= 11 is 5.95. The molecule has 0 saturated heterocycles. The van der Waals surface area contributed by atoms with Gasteiger partial charge in [-0.1, -0.05) is 23.7 Å². The molecule has 2 N–H and O–H groups in total. The van der Waals surface area contributed by atoms with Crippen LogP contribution in [0.4, 0.5) is 5.95 Å². The van der Waals surface area contributed by atoms with Gasteiger partial charge in [0.1, 0.15) is 5.69 Å². The van der Waals surface area contributed by atoms with Gasteiger partial charge >= 0.3 is 0 Å². The summed E-state index contributed by atoms with van der Waals surface area (Å²) < 4.78 is 0. The van der Waals surface area contributed by atoms with Crippen molar-refractivity contribution in [1.82, 2.24) is 20.2 Å². The maximum atomic E-state index is 12.2. The zero-order chi connectivity index (χ0) is 17.4. The van der Waals surface area contributed by atoms with Gasteiger partial charge in [-0.05, 0) is 44.3 Å². The normalized spacial score (nSPS) is 10.7. The first kappa shape index (κ1) is 18.2. The summed E-state index contributed by atoms with van der Waals surface area (Å²) in [7, 11) is 3.98. The van der Waals surface area contributed by atoms with Crippen LogP contribution in [0.2, 0.25) is 5.02 Å². The number of amides is 1. The van der Waals surface area contributed by atoms with Crippen LogP contribution in [-0.2, 0) is 6.42 Å². The van der Waals surface area contributed by atoms with Crippen molar-refractivity contribution in [2.45, 2.75) is 6.42 Å². The molecule has 128 valence electrons. The molecule has 0 bridgehead atoms. The smallest absolute Gasteiger partial charge is 0.270 e. The van der Waals surface area contributed by atoms with E-state index in [1.54, 1.807) is 12.3 Å². The zero-order valence-electron chi connectivity index (χ0n) is 13.9. The number of aromatic nitrogens is 2. The van der Waals surface area contributed by atoms with Gasteiger partial charge in [0, 0.05) is 30.9 Å². The van der Waals surface area contributed by atoms with Gasteiger partial charge in [0.2, 0.25) is 5.95 Å². The molecule has 0 saturated carbocycles. The minimum atomic E-state index is -0.213. The second kappa shape index (κ2) is 9.20. The van der Waals surface area contributed by atoms with E-state index in [9.17, 15) is 4.79 Å². The van der Waals surface area contributed by atoms with Crippen molar-refractivity contribution < 1.29 is 4.79 Å². The van der Waals surface area contributed by atoms with E-state index in [2.05, 4.69) is 25.5 Å². The number of hydrogen-bond acceptors (Lipinski definition) is 5. The highest BCUT2D eigenvalue weighted by atomic mass is 35.5. The number of anilines is 1. The first-order chi connectivity index (χ1) is 11.5. The lowest BCUT2D eigenvalue weighted by Gasteiger charge is -2.10. The van der Waals surface area contributed by atoms with E-state index in [0.29, 0.717) is 36.2 Å². The Hall–Kier alpha value is -2.18. The number of halogens is 1. The number of hydrogen-bond donors (Lipinski definition) is 2. The average Bonchev–Trinajstić information content (AvgIpc) is 2.55. The number of carbonyl (C=O) groups is 1. The third-order valence-electron chi connectivity index (χ3n) is 3.32. The van der Waals surface area contributed by atoms with Crippen LogP contribution in [-0.4, -0.2) is 54.5 Å². The van der Waals surface area contributed by atoms with Crippen molar-refractivity contribution in [2.24, 2.45) is 0 Å². The van der Waals surface area contributed by atoms with Gasteiger partial charge in [0.15, 0.2) is 0 Å². The second-order valence-corrected chi connectivity index (χ2v) is 6.07. The zero-order valence-corrected chi connectivity index (χ0v) is 14.7. The molecule has 1 amide bonds. The van der Waals surface area contributed by atoms with Crippen molar-refractivity contribution in [3.8, 4) is 0 Å². The number of nitrogens with one attached hydrogen (secondary N) is 2. The number of likely N-dealkylation sites (N-methyl/N-ethyl adjacent to an activating group) is 1. The third kappa shape index (κ3) is 6.14. The monoisotopic (exact) mass is 347 g/mol. The van der Waals surface area contributed by atoms with Crippen molar-refractivity contribution in [2.75, 3.05) is 39.0 Å². The largest absolute Gasteiger partial charge is 0.353 e. The molecule has 1 aromatic carbocycles. The average molecular weight is 348 g/mol. The summed E-state index contributed by atoms with van der Waals surface area (Å²) in [5.74, 6) is 0.245. The molecule has 6 nitrogen and oxygen atoms in total. The highest BCUT2D eigenvalue weighted by molar-refractivity contribution is 6.30. The van der Waals surface area contributed by atoms with Gasteiger partial charge in [-0.25, -0.2) is 9.97 Å². The minimum Gasteiger partial charge on any atom is -0.353 e. The van der Waals surface area contributed by atoms with Crippen LogP contribution < -0.4 is 10.6 Å². The SMILES string of the molecule is CN(C)CCNc1nccc(C(=O)NCCc2cccc(Cl)c2)n1. The van der Waals surface area contributed by atoms with Crippen LogP contribution in [0.5, 0.6) is 0 Å². The van der Waals surface area contributed by atoms with E-state index in [1.165, 1.54) is 0 Å². The quantitative estimate of drug-likeness (QED) is 0.765. The van der Waals surface area contributed by atoms with Crippen molar-refractivity contribution in [1.29, 1.82) is 0 Å². The van der Waals surface area contributed by atoms with Gasteiger partial charge in [0.25, 0.3) is 5.91 Å². The fraction of sp³-hybridized carbons (Fsp3) is 0.353. The van der Waals surface area contributed by atoms with E-state index < -0.39 is 0 Å². The molecule has 0 aliphatic carbocycles. The molecule has 0 radical (unpaired) electrons. The Bertz CT molecular complexity index is 678. The molecule has 0 unspecified atom stereocenters. The lowest BCUT2D eigenvalue weighted by Crippen LogP contribution is -2.27. The molecule has 1 heterocycles. The highest BCUT2D eigenvalue weighted by Gasteiger charge is 2.08. The molecular weight excluding hydrogens is 326 g/mol. The molecule has 7 heteroatoms. The fourth-order valence-electron chi connectivity index (χ4n) is 2.07. The van der Waals surface area contributed by atoms with Crippen molar-refractivity contribution >= 4 is 23.5 Å². The Balaban J connectivity index is 1.83. The molecule has 2 aromatic rings. The number of benzene rings is 1. The minimum absolute atomic E-state index is 0.213. The summed E-state index contributed by atoms with van der Waals surface area (Å²) in [5.41, 5.74) is 1.43. The number of nitrogens with zero attached hydrogens (tertiary/aromatic N) is 3. The molecule has 0 fully saturated rings. The molecule has 0 atom stereocenters. The van der Waals surface area contributed by atoms with Gasteiger partial charge in [0.05, 0.1) is 0 Å². The standard InChI is InChI=1S/C17H22ClN5O/c1-23(2)11-10-21-17-20-9-7-15(22-17)16(24)19-8-6-13-4-3-5-14(18)12-13/h3-5,7,9,12H,6,8,10-11H2,1-2H3,(H,19,24)(H,20,21,22). The van der Waals surface area contributed by atoms with E-state index in [1.807, 2.05) is 38.4 Å². The van der Waals surface area contributed by atoms with Crippen LogP contribution >= 0.6 is 11.6 Å². The Labute approximate surface area is 147 Å². The van der Waals surface area contributed by atoms with Crippen LogP contribution in [0.1, 0.15) is 16.1 Å². The van der Waals surface area contributed by atoms with E-state index >= 15 is 0 Å². The summed E-state index contributed by atoms with van der Waals surface area (Å²) in [4.78, 5) is 22.6. The second-order valence-electron chi connectivity index (χ2n) is 5.63. The van der Waals surface area contributed by atoms with Crippen LogP contribution in [0.3, 0.4) is 0 Å². The first-order valence-electron chi connectivity index (χ1n) is 7.79. The van der Waals surface area contributed by atoms with Gasteiger partial charge in [-0.2, -0.15) is 0 Å². The molecule has 2 rings (SSSR count). The Morgan fingerprint density at radius 3 is 2.83 bits per heavy atom.